The number of rotatable bonds is 4. The quantitative estimate of drug-likeness (QED) is 0.775. The largest absolute Gasteiger partial charge is 0.352 e. The molecule has 6 heteroatoms. The zero-order chi connectivity index (χ0) is 15.5. The van der Waals surface area contributed by atoms with E-state index in [0.717, 1.165) is 10.2 Å². The van der Waals surface area contributed by atoms with Crippen LogP contribution in [-0.2, 0) is 6.42 Å². The number of hydrogen-bond acceptors (Lipinski definition) is 2. The molecule has 0 radical (unpaired) electrons. The molecular weight excluding hydrogens is 349 g/mol. The van der Waals surface area contributed by atoms with Gasteiger partial charge in [-0.15, -0.1) is 0 Å². The standard InChI is InChI=1S/C16H13BrFN3O/c17-14-4-2-1-3-13(14)16(22)19-8-7-12-10-21-9-11(18)5-6-15(21)20-12/h1-6,9-10H,7-8H2,(H,19,22). The first kappa shape index (κ1) is 14.7. The van der Waals surface area contributed by atoms with Gasteiger partial charge in [0.15, 0.2) is 0 Å². The van der Waals surface area contributed by atoms with Gasteiger partial charge in [0.05, 0.1) is 11.3 Å². The maximum atomic E-state index is 13.1. The Hall–Kier alpha value is -2.21. The molecule has 0 fully saturated rings. The van der Waals surface area contributed by atoms with Crippen LogP contribution in [0.15, 0.2) is 53.3 Å². The van der Waals surface area contributed by atoms with Gasteiger partial charge in [0, 0.05) is 29.8 Å². The molecule has 22 heavy (non-hydrogen) atoms. The molecule has 0 aliphatic heterocycles. The van der Waals surface area contributed by atoms with E-state index < -0.39 is 0 Å². The van der Waals surface area contributed by atoms with Crippen LogP contribution in [0.4, 0.5) is 4.39 Å². The van der Waals surface area contributed by atoms with Crippen molar-refractivity contribution in [2.24, 2.45) is 0 Å². The minimum absolute atomic E-state index is 0.137. The lowest BCUT2D eigenvalue weighted by Gasteiger charge is -2.05. The number of amides is 1. The fourth-order valence-corrected chi connectivity index (χ4v) is 2.65. The van der Waals surface area contributed by atoms with Crippen LogP contribution in [0.3, 0.4) is 0 Å². The highest BCUT2D eigenvalue weighted by molar-refractivity contribution is 9.10. The fourth-order valence-electron chi connectivity index (χ4n) is 2.18. The molecule has 1 N–H and O–H groups in total. The van der Waals surface area contributed by atoms with Crippen molar-refractivity contribution in [1.29, 1.82) is 0 Å². The molecular formula is C16H13BrFN3O. The zero-order valence-electron chi connectivity index (χ0n) is 11.6. The maximum Gasteiger partial charge on any atom is 0.252 e. The molecule has 0 saturated carbocycles. The number of halogens is 2. The summed E-state index contributed by atoms with van der Waals surface area (Å²) in [5.41, 5.74) is 2.09. The van der Waals surface area contributed by atoms with Gasteiger partial charge in [-0.25, -0.2) is 9.37 Å². The summed E-state index contributed by atoms with van der Waals surface area (Å²) < 4.78 is 15.5. The number of pyridine rings is 1. The molecule has 1 amide bonds. The second-order valence-electron chi connectivity index (χ2n) is 4.83. The number of hydrogen-bond donors (Lipinski definition) is 1. The van der Waals surface area contributed by atoms with Crippen LogP contribution < -0.4 is 5.32 Å². The Kier molecular flexibility index (Phi) is 4.20. The van der Waals surface area contributed by atoms with Crippen molar-refractivity contribution < 1.29 is 9.18 Å². The van der Waals surface area contributed by atoms with E-state index in [1.54, 1.807) is 22.7 Å². The van der Waals surface area contributed by atoms with Crippen LogP contribution >= 0.6 is 15.9 Å². The Morgan fingerprint density at radius 1 is 1.23 bits per heavy atom. The SMILES string of the molecule is O=C(NCCc1cn2cc(F)ccc2n1)c1ccccc1Br. The molecule has 0 unspecified atom stereocenters. The summed E-state index contributed by atoms with van der Waals surface area (Å²) in [4.78, 5) is 16.4. The normalized spacial score (nSPS) is 10.8. The lowest BCUT2D eigenvalue weighted by molar-refractivity contribution is 0.0953. The maximum absolute atomic E-state index is 13.1. The average Bonchev–Trinajstić information content (AvgIpc) is 2.89. The third kappa shape index (κ3) is 3.17. The Labute approximate surface area is 135 Å². The minimum atomic E-state index is -0.307. The van der Waals surface area contributed by atoms with Gasteiger partial charge in [-0.3, -0.25) is 4.79 Å². The first-order valence-corrected chi connectivity index (χ1v) is 7.58. The molecule has 0 aliphatic carbocycles. The van der Waals surface area contributed by atoms with Crippen LogP contribution in [0.5, 0.6) is 0 Å². The molecule has 1 aromatic carbocycles. The van der Waals surface area contributed by atoms with E-state index >= 15 is 0 Å². The zero-order valence-corrected chi connectivity index (χ0v) is 13.2. The van der Waals surface area contributed by atoms with Crippen LogP contribution in [0.1, 0.15) is 16.1 Å². The highest BCUT2D eigenvalue weighted by Crippen LogP contribution is 2.15. The number of aromatic nitrogens is 2. The Bertz CT molecular complexity index is 831. The third-order valence-corrected chi connectivity index (χ3v) is 3.94. The predicted molar refractivity (Wildman–Crippen MR) is 85.3 cm³/mol. The number of carbonyl (C=O) groups excluding carboxylic acids is 1. The first-order valence-electron chi connectivity index (χ1n) is 6.79. The second kappa shape index (κ2) is 6.27. The third-order valence-electron chi connectivity index (χ3n) is 3.25. The molecule has 0 atom stereocenters. The summed E-state index contributed by atoms with van der Waals surface area (Å²) in [5.74, 6) is -0.444. The highest BCUT2D eigenvalue weighted by atomic mass is 79.9. The number of nitrogens with zero attached hydrogens (tertiary/aromatic N) is 2. The van der Waals surface area contributed by atoms with Gasteiger partial charge < -0.3 is 9.72 Å². The smallest absolute Gasteiger partial charge is 0.252 e. The molecule has 3 rings (SSSR count). The molecule has 0 saturated heterocycles. The number of carbonyl (C=O) groups is 1. The van der Waals surface area contributed by atoms with E-state index in [2.05, 4.69) is 26.2 Å². The van der Waals surface area contributed by atoms with Gasteiger partial charge in [-0.05, 0) is 40.2 Å². The van der Waals surface area contributed by atoms with Gasteiger partial charge in [-0.2, -0.15) is 0 Å². The van der Waals surface area contributed by atoms with Crippen molar-refractivity contribution >= 4 is 27.5 Å². The Morgan fingerprint density at radius 3 is 2.86 bits per heavy atom. The van der Waals surface area contributed by atoms with Gasteiger partial charge in [0.2, 0.25) is 0 Å². The molecule has 4 nitrogen and oxygen atoms in total. The molecule has 0 spiro atoms. The number of fused-ring (bicyclic) bond motifs is 1. The summed E-state index contributed by atoms with van der Waals surface area (Å²) in [6.45, 7) is 0.465. The Morgan fingerprint density at radius 2 is 2.05 bits per heavy atom. The summed E-state index contributed by atoms with van der Waals surface area (Å²) in [6.07, 6.45) is 3.73. The summed E-state index contributed by atoms with van der Waals surface area (Å²) in [7, 11) is 0. The van der Waals surface area contributed by atoms with Crippen molar-refractivity contribution in [1.82, 2.24) is 14.7 Å². The van der Waals surface area contributed by atoms with Gasteiger partial charge in [0.25, 0.3) is 5.91 Å². The molecule has 0 bridgehead atoms. The fraction of sp³-hybridized carbons (Fsp3) is 0.125. The predicted octanol–water partition coefficient (Wildman–Crippen LogP) is 3.21. The van der Waals surface area contributed by atoms with E-state index in [4.69, 9.17) is 0 Å². The van der Waals surface area contributed by atoms with E-state index in [1.807, 2.05) is 18.2 Å². The van der Waals surface area contributed by atoms with Crippen LogP contribution in [-0.4, -0.2) is 21.8 Å². The number of nitrogens with one attached hydrogen (secondary N) is 1. The average molecular weight is 362 g/mol. The topological polar surface area (TPSA) is 46.4 Å². The Balaban J connectivity index is 1.62. The van der Waals surface area contributed by atoms with Crippen molar-refractivity contribution in [3.8, 4) is 0 Å². The van der Waals surface area contributed by atoms with Gasteiger partial charge in [-0.1, -0.05) is 12.1 Å². The van der Waals surface area contributed by atoms with Crippen LogP contribution in [0.2, 0.25) is 0 Å². The molecule has 2 aromatic heterocycles. The van der Waals surface area contributed by atoms with Crippen molar-refractivity contribution in [3.05, 3.63) is 70.3 Å². The lowest BCUT2D eigenvalue weighted by Crippen LogP contribution is -2.26. The molecule has 3 aromatic rings. The van der Waals surface area contributed by atoms with Gasteiger partial charge >= 0.3 is 0 Å². The van der Waals surface area contributed by atoms with Crippen molar-refractivity contribution in [2.75, 3.05) is 6.54 Å². The minimum Gasteiger partial charge on any atom is -0.352 e. The van der Waals surface area contributed by atoms with E-state index in [1.165, 1.54) is 12.3 Å². The van der Waals surface area contributed by atoms with Crippen molar-refractivity contribution in [3.63, 3.8) is 0 Å². The summed E-state index contributed by atoms with van der Waals surface area (Å²) in [5, 5.41) is 2.85. The van der Waals surface area contributed by atoms with Crippen LogP contribution in [0.25, 0.3) is 5.65 Å². The number of imidazole rings is 1. The van der Waals surface area contributed by atoms with Crippen molar-refractivity contribution in [2.45, 2.75) is 6.42 Å². The molecule has 2 heterocycles. The molecule has 112 valence electrons. The highest BCUT2D eigenvalue weighted by Gasteiger charge is 2.09. The van der Waals surface area contributed by atoms with E-state index in [9.17, 15) is 9.18 Å². The van der Waals surface area contributed by atoms with E-state index in [0.29, 0.717) is 24.2 Å². The number of benzene rings is 1. The monoisotopic (exact) mass is 361 g/mol. The van der Waals surface area contributed by atoms with Gasteiger partial charge in [0.1, 0.15) is 11.5 Å². The lowest BCUT2D eigenvalue weighted by atomic mass is 10.2. The first-order chi connectivity index (χ1) is 10.6. The van der Waals surface area contributed by atoms with Crippen LogP contribution in [0, 0.1) is 5.82 Å². The summed E-state index contributed by atoms with van der Waals surface area (Å²) in [6, 6.07) is 10.3. The second-order valence-corrected chi connectivity index (χ2v) is 5.69. The molecule has 0 aliphatic rings. The summed E-state index contributed by atoms with van der Waals surface area (Å²) >= 11 is 3.35. The van der Waals surface area contributed by atoms with E-state index in [-0.39, 0.29) is 11.7 Å².